The average Bonchev–Trinajstić information content (AvgIpc) is 3.45. The molecule has 0 spiro atoms. The lowest BCUT2D eigenvalue weighted by Gasteiger charge is -2.21. The zero-order chi connectivity index (χ0) is 20.4. The van der Waals surface area contributed by atoms with Gasteiger partial charge in [-0.05, 0) is 53.5 Å². The van der Waals surface area contributed by atoms with E-state index in [9.17, 15) is 4.57 Å². The van der Waals surface area contributed by atoms with Crippen LogP contribution >= 0.6 is 7.29 Å². The van der Waals surface area contributed by atoms with Crippen molar-refractivity contribution in [2.45, 2.75) is 32.1 Å². The molecule has 2 aromatic carbocycles. The number of anilines is 1. The lowest BCUT2D eigenvalue weighted by molar-refractivity contribution is 0.550. The second-order valence-corrected chi connectivity index (χ2v) is 11.6. The van der Waals surface area contributed by atoms with Crippen molar-refractivity contribution in [1.29, 1.82) is 0 Å². The van der Waals surface area contributed by atoms with E-state index in [1.165, 1.54) is 34.4 Å². The fourth-order valence-corrected chi connectivity index (χ4v) is 6.71. The standard InChI is InChI=1S/C24H32N3OP/c1-18(17-29(3,28)27-13-14-27)21-10-11-23(25-2)22(16-21)15-19-6-8-20(9-7-19)24-5-4-12-26-24/h6-11,16,18,25H,4-5,12-15,17H2,1-3H3. The minimum Gasteiger partial charge on any atom is -0.388 e. The molecule has 1 N–H and O–H groups in total. The van der Waals surface area contributed by atoms with Crippen molar-refractivity contribution >= 4 is 18.7 Å². The first-order valence-corrected chi connectivity index (χ1v) is 13.0. The van der Waals surface area contributed by atoms with Crippen LogP contribution in [0.4, 0.5) is 5.69 Å². The van der Waals surface area contributed by atoms with Crippen LogP contribution in [0.5, 0.6) is 0 Å². The molecule has 1 fully saturated rings. The molecule has 2 heterocycles. The number of benzene rings is 2. The number of hydrogen-bond acceptors (Lipinski definition) is 3. The van der Waals surface area contributed by atoms with E-state index in [1.54, 1.807) is 0 Å². The van der Waals surface area contributed by atoms with E-state index >= 15 is 0 Å². The molecule has 5 heteroatoms. The normalized spacial score (nSPS) is 19.5. The van der Waals surface area contributed by atoms with E-state index in [4.69, 9.17) is 0 Å². The van der Waals surface area contributed by atoms with Crippen molar-refractivity contribution in [2.24, 2.45) is 4.99 Å². The number of nitrogens with zero attached hydrogens (tertiary/aromatic N) is 2. The van der Waals surface area contributed by atoms with Crippen molar-refractivity contribution in [3.05, 3.63) is 64.7 Å². The predicted molar refractivity (Wildman–Crippen MR) is 124 cm³/mol. The van der Waals surface area contributed by atoms with Crippen molar-refractivity contribution < 1.29 is 4.57 Å². The van der Waals surface area contributed by atoms with Gasteiger partial charge in [0.2, 0.25) is 0 Å². The monoisotopic (exact) mass is 409 g/mol. The maximum atomic E-state index is 12.9. The van der Waals surface area contributed by atoms with Crippen LogP contribution in [0.25, 0.3) is 0 Å². The second kappa shape index (κ2) is 8.45. The molecule has 1 saturated heterocycles. The summed E-state index contributed by atoms with van der Waals surface area (Å²) in [7, 11) is -0.209. The first-order chi connectivity index (χ1) is 14.0. The molecule has 0 amide bonds. The van der Waals surface area contributed by atoms with Gasteiger partial charge in [-0.15, -0.1) is 0 Å². The van der Waals surface area contributed by atoms with Gasteiger partial charge in [-0.25, -0.2) is 0 Å². The molecule has 2 aromatic rings. The van der Waals surface area contributed by atoms with Crippen LogP contribution in [0.15, 0.2) is 47.5 Å². The van der Waals surface area contributed by atoms with Crippen LogP contribution in [0.1, 0.15) is 47.9 Å². The van der Waals surface area contributed by atoms with Gasteiger partial charge in [-0.2, -0.15) is 0 Å². The number of nitrogens with one attached hydrogen (secondary N) is 1. The van der Waals surface area contributed by atoms with Gasteiger partial charge in [-0.1, -0.05) is 43.3 Å². The van der Waals surface area contributed by atoms with E-state index in [1.807, 2.05) is 13.7 Å². The van der Waals surface area contributed by atoms with Crippen molar-refractivity contribution in [1.82, 2.24) is 4.67 Å². The number of hydrogen-bond donors (Lipinski definition) is 1. The Morgan fingerprint density at radius 2 is 1.93 bits per heavy atom. The van der Waals surface area contributed by atoms with Gasteiger partial charge in [0.05, 0.1) is 0 Å². The Kier molecular flexibility index (Phi) is 5.94. The zero-order valence-corrected chi connectivity index (χ0v) is 18.7. The SMILES string of the molecule is CNc1ccc(C(C)CP(C)(=O)N2CC2)cc1Cc1ccc(C2=NCCC2)cc1. The molecule has 0 aliphatic carbocycles. The first-order valence-electron chi connectivity index (χ1n) is 10.7. The summed E-state index contributed by atoms with van der Waals surface area (Å²) in [6.45, 7) is 7.10. The Morgan fingerprint density at radius 1 is 1.17 bits per heavy atom. The third kappa shape index (κ3) is 4.82. The van der Waals surface area contributed by atoms with Crippen LogP contribution < -0.4 is 5.32 Å². The van der Waals surface area contributed by atoms with E-state index in [2.05, 4.69) is 64.4 Å². The van der Waals surface area contributed by atoms with Crippen molar-refractivity contribution in [3.8, 4) is 0 Å². The molecule has 154 valence electrons. The fourth-order valence-electron chi connectivity index (χ4n) is 4.32. The second-order valence-electron chi connectivity index (χ2n) is 8.56. The fraction of sp³-hybridized carbons (Fsp3) is 0.458. The average molecular weight is 410 g/mol. The lowest BCUT2D eigenvalue weighted by atomic mass is 9.95. The first kappa shape index (κ1) is 20.4. The maximum absolute atomic E-state index is 12.9. The topological polar surface area (TPSA) is 44.5 Å². The Bertz CT molecular complexity index is 947. The zero-order valence-electron chi connectivity index (χ0n) is 17.8. The van der Waals surface area contributed by atoms with Crippen LogP contribution in [-0.4, -0.2) is 49.9 Å². The molecule has 4 nitrogen and oxygen atoms in total. The third-order valence-electron chi connectivity index (χ3n) is 6.16. The van der Waals surface area contributed by atoms with Gasteiger partial charge in [0.25, 0.3) is 0 Å². The van der Waals surface area contributed by atoms with Crippen LogP contribution in [0, 0.1) is 0 Å². The highest BCUT2D eigenvalue weighted by molar-refractivity contribution is 7.61. The third-order valence-corrected chi connectivity index (χ3v) is 8.98. The molecule has 2 aliphatic heterocycles. The van der Waals surface area contributed by atoms with Crippen molar-refractivity contribution in [2.75, 3.05) is 44.8 Å². The maximum Gasteiger partial charge on any atom is 0.148 e. The van der Waals surface area contributed by atoms with E-state index in [0.29, 0.717) is 5.92 Å². The highest BCUT2D eigenvalue weighted by atomic mass is 31.2. The van der Waals surface area contributed by atoms with E-state index in [0.717, 1.165) is 44.3 Å². The van der Waals surface area contributed by atoms with Gasteiger partial charge in [0.15, 0.2) is 0 Å². The molecule has 29 heavy (non-hydrogen) atoms. The van der Waals surface area contributed by atoms with Crippen LogP contribution in [-0.2, 0) is 11.0 Å². The summed E-state index contributed by atoms with van der Waals surface area (Å²) in [5, 5.41) is 3.33. The van der Waals surface area contributed by atoms with Gasteiger partial charge in [-0.3, -0.25) is 9.66 Å². The minimum absolute atomic E-state index is 0.291. The summed E-state index contributed by atoms with van der Waals surface area (Å²) < 4.78 is 15.0. The quantitative estimate of drug-likeness (QED) is 0.480. The molecule has 0 aromatic heterocycles. The largest absolute Gasteiger partial charge is 0.388 e. The lowest BCUT2D eigenvalue weighted by Crippen LogP contribution is -2.07. The smallest absolute Gasteiger partial charge is 0.148 e. The summed E-state index contributed by atoms with van der Waals surface area (Å²) in [6.07, 6.45) is 3.92. The Hall–Kier alpha value is -1.90. The minimum atomic E-state index is -2.19. The molecule has 0 bridgehead atoms. The van der Waals surface area contributed by atoms with Gasteiger partial charge >= 0.3 is 0 Å². The summed E-state index contributed by atoms with van der Waals surface area (Å²) in [5.74, 6) is 0.291. The Morgan fingerprint density at radius 3 is 2.55 bits per heavy atom. The number of rotatable bonds is 8. The molecule has 0 radical (unpaired) electrons. The van der Waals surface area contributed by atoms with Crippen LogP contribution in [0.3, 0.4) is 0 Å². The molecular formula is C24H32N3OP. The molecular weight excluding hydrogens is 377 g/mol. The molecule has 2 atom stereocenters. The Balaban J connectivity index is 1.51. The van der Waals surface area contributed by atoms with Gasteiger partial charge in [0.1, 0.15) is 7.29 Å². The van der Waals surface area contributed by atoms with E-state index in [-0.39, 0.29) is 0 Å². The summed E-state index contributed by atoms with van der Waals surface area (Å²) >= 11 is 0. The molecule has 2 unspecified atom stereocenters. The molecule has 0 saturated carbocycles. The highest BCUT2D eigenvalue weighted by Crippen LogP contribution is 2.52. The highest BCUT2D eigenvalue weighted by Gasteiger charge is 2.34. The van der Waals surface area contributed by atoms with Crippen LogP contribution in [0.2, 0.25) is 0 Å². The van der Waals surface area contributed by atoms with Crippen molar-refractivity contribution in [3.63, 3.8) is 0 Å². The molecule has 2 aliphatic rings. The van der Waals surface area contributed by atoms with Gasteiger partial charge in [0, 0.05) is 50.9 Å². The molecule has 4 rings (SSSR count). The summed E-state index contributed by atoms with van der Waals surface area (Å²) in [6, 6.07) is 15.5. The summed E-state index contributed by atoms with van der Waals surface area (Å²) in [4.78, 5) is 4.60. The number of aliphatic imine (C=N–C) groups is 1. The predicted octanol–water partition coefficient (Wildman–Crippen LogP) is 5.23. The Labute approximate surface area is 174 Å². The van der Waals surface area contributed by atoms with E-state index < -0.39 is 7.29 Å². The van der Waals surface area contributed by atoms with Gasteiger partial charge < -0.3 is 9.88 Å². The summed E-state index contributed by atoms with van der Waals surface area (Å²) in [5.41, 5.74) is 7.55.